The molecule has 0 aliphatic heterocycles. The standard InChI is InChI=1S/C26H21N7O2/c1-32-16-27-15-21(25(32)35)17-7-9-19(10-8-17)26(11-12-26)31-24(34)22-28-13-18-14-29-33(23(18)30-22)20-5-3-2-4-6-20/h2-10,13-16H,11-12H2,1H3,(H,31,34). The van der Waals surface area contributed by atoms with Crippen molar-refractivity contribution < 1.29 is 4.79 Å². The molecule has 0 spiro atoms. The lowest BCUT2D eigenvalue weighted by Gasteiger charge is -2.18. The van der Waals surface area contributed by atoms with Crippen LogP contribution in [0.3, 0.4) is 0 Å². The topological polar surface area (TPSA) is 108 Å². The van der Waals surface area contributed by atoms with Gasteiger partial charge in [-0.2, -0.15) is 5.10 Å². The number of benzene rings is 2. The molecule has 1 fully saturated rings. The monoisotopic (exact) mass is 463 g/mol. The Morgan fingerprint density at radius 3 is 2.51 bits per heavy atom. The minimum absolute atomic E-state index is 0.0944. The van der Waals surface area contributed by atoms with Crippen LogP contribution in [0.15, 0.2) is 84.3 Å². The van der Waals surface area contributed by atoms with E-state index in [1.54, 1.807) is 30.3 Å². The lowest BCUT2D eigenvalue weighted by atomic mass is 10.0. The van der Waals surface area contributed by atoms with Crippen molar-refractivity contribution >= 4 is 16.9 Å². The van der Waals surface area contributed by atoms with Gasteiger partial charge in [0.1, 0.15) is 0 Å². The van der Waals surface area contributed by atoms with Crippen molar-refractivity contribution in [3.63, 3.8) is 0 Å². The number of hydrogen-bond acceptors (Lipinski definition) is 6. The quantitative estimate of drug-likeness (QED) is 0.429. The van der Waals surface area contributed by atoms with Gasteiger partial charge >= 0.3 is 0 Å². The molecule has 2 aromatic carbocycles. The number of carbonyl (C=O) groups is 1. The van der Waals surface area contributed by atoms with E-state index in [4.69, 9.17) is 0 Å². The molecule has 5 aromatic rings. The van der Waals surface area contributed by atoms with Gasteiger partial charge in [-0.15, -0.1) is 0 Å². The second-order valence-electron chi connectivity index (χ2n) is 8.70. The summed E-state index contributed by atoms with van der Waals surface area (Å²) in [7, 11) is 1.67. The second-order valence-corrected chi connectivity index (χ2v) is 8.70. The number of para-hydroxylation sites is 1. The van der Waals surface area contributed by atoms with E-state index in [9.17, 15) is 9.59 Å². The molecule has 1 saturated carbocycles. The van der Waals surface area contributed by atoms with Gasteiger partial charge in [0, 0.05) is 19.4 Å². The van der Waals surface area contributed by atoms with Crippen LogP contribution in [0.1, 0.15) is 29.0 Å². The minimum Gasteiger partial charge on any atom is -0.340 e. The third kappa shape index (κ3) is 3.67. The van der Waals surface area contributed by atoms with Crippen LogP contribution in [0.25, 0.3) is 27.8 Å². The average molecular weight is 464 g/mol. The van der Waals surface area contributed by atoms with Crippen molar-refractivity contribution in [3.8, 4) is 16.8 Å². The summed E-state index contributed by atoms with van der Waals surface area (Å²) < 4.78 is 3.15. The van der Waals surface area contributed by atoms with E-state index < -0.39 is 5.54 Å². The van der Waals surface area contributed by atoms with E-state index in [-0.39, 0.29) is 17.3 Å². The van der Waals surface area contributed by atoms with Crippen molar-refractivity contribution in [2.75, 3.05) is 0 Å². The highest BCUT2D eigenvalue weighted by molar-refractivity contribution is 5.93. The molecule has 0 bridgehead atoms. The lowest BCUT2D eigenvalue weighted by molar-refractivity contribution is 0.0920. The van der Waals surface area contributed by atoms with Crippen molar-refractivity contribution in [1.29, 1.82) is 0 Å². The number of amides is 1. The fourth-order valence-corrected chi connectivity index (χ4v) is 4.24. The molecular formula is C26H21N7O2. The molecule has 9 nitrogen and oxygen atoms in total. The number of carbonyl (C=O) groups excluding carboxylic acids is 1. The van der Waals surface area contributed by atoms with Crippen molar-refractivity contribution in [3.05, 3.63) is 101 Å². The Morgan fingerprint density at radius 1 is 1.00 bits per heavy atom. The summed E-state index contributed by atoms with van der Waals surface area (Å²) in [5.41, 5.74) is 3.15. The number of nitrogens with one attached hydrogen (secondary N) is 1. The second kappa shape index (κ2) is 7.98. The van der Waals surface area contributed by atoms with Crippen LogP contribution in [0.2, 0.25) is 0 Å². The number of aromatic nitrogens is 6. The van der Waals surface area contributed by atoms with Crippen molar-refractivity contribution in [1.82, 2.24) is 34.6 Å². The molecule has 3 aromatic heterocycles. The smallest absolute Gasteiger partial charge is 0.289 e. The first-order valence-corrected chi connectivity index (χ1v) is 11.2. The van der Waals surface area contributed by atoms with E-state index in [0.717, 1.165) is 35.0 Å². The predicted molar refractivity (Wildman–Crippen MR) is 130 cm³/mol. The third-order valence-corrected chi connectivity index (χ3v) is 6.36. The molecule has 3 heterocycles. The number of rotatable bonds is 5. The first kappa shape index (κ1) is 20.9. The molecule has 0 radical (unpaired) electrons. The van der Waals surface area contributed by atoms with Crippen LogP contribution in [-0.4, -0.2) is 35.2 Å². The maximum Gasteiger partial charge on any atom is 0.289 e. The summed E-state index contributed by atoms with van der Waals surface area (Å²) in [4.78, 5) is 38.4. The zero-order chi connectivity index (χ0) is 24.0. The number of hydrogen-bond donors (Lipinski definition) is 1. The van der Waals surface area contributed by atoms with Crippen LogP contribution < -0.4 is 10.9 Å². The number of fused-ring (bicyclic) bond motifs is 1. The van der Waals surface area contributed by atoms with Crippen LogP contribution >= 0.6 is 0 Å². The molecule has 6 rings (SSSR count). The molecule has 35 heavy (non-hydrogen) atoms. The summed E-state index contributed by atoms with van der Waals surface area (Å²) in [6, 6.07) is 17.3. The average Bonchev–Trinajstić information content (AvgIpc) is 3.55. The highest BCUT2D eigenvalue weighted by Gasteiger charge is 2.46. The Morgan fingerprint density at radius 2 is 1.77 bits per heavy atom. The number of nitrogens with zero attached hydrogens (tertiary/aromatic N) is 6. The summed E-state index contributed by atoms with van der Waals surface area (Å²) in [6.45, 7) is 0. The van der Waals surface area contributed by atoms with E-state index in [1.807, 2.05) is 54.6 Å². The molecule has 1 amide bonds. The van der Waals surface area contributed by atoms with Gasteiger partial charge < -0.3 is 9.88 Å². The molecular weight excluding hydrogens is 442 g/mol. The highest BCUT2D eigenvalue weighted by atomic mass is 16.2. The van der Waals surface area contributed by atoms with Gasteiger partial charge in [-0.25, -0.2) is 19.6 Å². The van der Waals surface area contributed by atoms with Crippen LogP contribution in [0, 0.1) is 0 Å². The van der Waals surface area contributed by atoms with Gasteiger partial charge in [0.05, 0.1) is 34.7 Å². The maximum absolute atomic E-state index is 13.1. The maximum atomic E-state index is 13.1. The van der Waals surface area contributed by atoms with Crippen LogP contribution in [-0.2, 0) is 12.6 Å². The van der Waals surface area contributed by atoms with E-state index >= 15 is 0 Å². The number of aryl methyl sites for hydroxylation is 1. The van der Waals surface area contributed by atoms with Crippen molar-refractivity contribution in [2.45, 2.75) is 18.4 Å². The van der Waals surface area contributed by atoms with Crippen LogP contribution in [0.5, 0.6) is 0 Å². The third-order valence-electron chi connectivity index (χ3n) is 6.36. The molecule has 1 aliphatic rings. The normalized spacial score (nSPS) is 14.1. The summed E-state index contributed by atoms with van der Waals surface area (Å²) in [5.74, 6) is -0.243. The molecule has 9 heteroatoms. The molecule has 0 atom stereocenters. The largest absolute Gasteiger partial charge is 0.340 e. The van der Waals surface area contributed by atoms with Gasteiger partial charge in [-0.3, -0.25) is 9.59 Å². The SMILES string of the molecule is Cn1cncc(-c2ccc(C3(NC(=O)c4ncc5cnn(-c6ccccc6)c5n4)CC3)cc2)c1=O. The lowest BCUT2D eigenvalue weighted by Crippen LogP contribution is -2.35. The molecule has 1 aliphatic carbocycles. The van der Waals surface area contributed by atoms with Gasteiger partial charge in [-0.1, -0.05) is 42.5 Å². The highest BCUT2D eigenvalue weighted by Crippen LogP contribution is 2.46. The van der Waals surface area contributed by atoms with E-state index in [0.29, 0.717) is 11.2 Å². The van der Waals surface area contributed by atoms with Gasteiger partial charge in [0.2, 0.25) is 5.82 Å². The summed E-state index contributed by atoms with van der Waals surface area (Å²) >= 11 is 0. The minimum atomic E-state index is -0.465. The van der Waals surface area contributed by atoms with Crippen molar-refractivity contribution in [2.24, 2.45) is 7.05 Å². The Balaban J connectivity index is 1.26. The fraction of sp³-hybridized carbons (Fsp3) is 0.154. The summed E-state index contributed by atoms with van der Waals surface area (Å²) in [6.07, 6.45) is 7.99. The summed E-state index contributed by atoms with van der Waals surface area (Å²) in [5, 5.41) is 8.28. The Bertz CT molecular complexity index is 1620. The van der Waals surface area contributed by atoms with Gasteiger partial charge in [-0.05, 0) is 36.1 Å². The first-order chi connectivity index (χ1) is 17.0. The Kier molecular flexibility index (Phi) is 4.77. The Hall–Kier alpha value is -4.66. The molecule has 0 saturated heterocycles. The fourth-order valence-electron chi connectivity index (χ4n) is 4.24. The van der Waals surface area contributed by atoms with E-state index in [1.165, 1.54) is 10.9 Å². The molecule has 172 valence electrons. The van der Waals surface area contributed by atoms with Crippen LogP contribution in [0.4, 0.5) is 0 Å². The predicted octanol–water partition coefficient (Wildman–Crippen LogP) is 3.00. The van der Waals surface area contributed by atoms with Gasteiger partial charge in [0.25, 0.3) is 11.5 Å². The Labute approximate surface area is 200 Å². The zero-order valence-electron chi connectivity index (χ0n) is 18.9. The first-order valence-electron chi connectivity index (χ1n) is 11.2. The zero-order valence-corrected chi connectivity index (χ0v) is 18.9. The van der Waals surface area contributed by atoms with E-state index in [2.05, 4.69) is 25.4 Å². The molecule has 1 N–H and O–H groups in total. The molecule has 0 unspecified atom stereocenters. The van der Waals surface area contributed by atoms with Gasteiger partial charge in [0.15, 0.2) is 5.65 Å².